The molecule has 0 aliphatic heterocycles. The number of benzene rings is 1. The normalized spacial score (nSPS) is 20.6. The van der Waals surface area contributed by atoms with E-state index >= 15 is 0 Å². The number of nitrogens with zero attached hydrogens (tertiary/aromatic N) is 1. The first kappa shape index (κ1) is 14.5. The van der Waals surface area contributed by atoms with E-state index in [9.17, 15) is 20.0 Å². The summed E-state index contributed by atoms with van der Waals surface area (Å²) in [4.78, 5) is 21.5. The van der Waals surface area contributed by atoms with Crippen molar-refractivity contribution in [3.05, 3.63) is 39.4 Å². The molecule has 1 aliphatic rings. The molecule has 0 amide bonds. The number of aromatic carboxylic acids is 1. The molecular weight excluding hydrogens is 260 g/mol. The van der Waals surface area contributed by atoms with Crippen molar-refractivity contribution in [3.63, 3.8) is 0 Å². The van der Waals surface area contributed by atoms with Gasteiger partial charge in [-0.3, -0.25) is 10.1 Å². The van der Waals surface area contributed by atoms with Gasteiger partial charge in [0.1, 0.15) is 5.56 Å². The van der Waals surface area contributed by atoms with Crippen LogP contribution in [0.5, 0.6) is 0 Å². The first-order chi connectivity index (χ1) is 9.54. The van der Waals surface area contributed by atoms with E-state index in [1.807, 2.05) is 0 Å². The van der Waals surface area contributed by atoms with E-state index in [1.54, 1.807) is 6.07 Å². The summed E-state index contributed by atoms with van der Waals surface area (Å²) in [6.07, 6.45) is 3.41. The molecule has 0 bridgehead atoms. The Morgan fingerprint density at radius 1 is 1.55 bits per heavy atom. The van der Waals surface area contributed by atoms with Crippen LogP contribution in [0.4, 0.5) is 5.69 Å². The molecule has 0 heterocycles. The van der Waals surface area contributed by atoms with Crippen molar-refractivity contribution in [2.24, 2.45) is 5.92 Å². The maximum Gasteiger partial charge on any atom is 0.343 e. The molecule has 20 heavy (non-hydrogen) atoms. The van der Waals surface area contributed by atoms with Crippen LogP contribution in [0.1, 0.15) is 42.1 Å². The van der Waals surface area contributed by atoms with Gasteiger partial charge < -0.3 is 10.4 Å². The fourth-order valence-corrected chi connectivity index (χ4v) is 2.56. The molecule has 1 saturated carbocycles. The lowest BCUT2D eigenvalue weighted by molar-refractivity contribution is -0.385. The van der Waals surface area contributed by atoms with E-state index in [2.05, 4.69) is 12.2 Å². The third-order valence-electron chi connectivity index (χ3n) is 3.68. The number of rotatable bonds is 7. The highest BCUT2D eigenvalue weighted by atomic mass is 16.6. The maximum atomic E-state index is 11.2. The van der Waals surface area contributed by atoms with Gasteiger partial charge in [0.15, 0.2) is 0 Å². The van der Waals surface area contributed by atoms with Crippen LogP contribution < -0.4 is 5.32 Å². The van der Waals surface area contributed by atoms with Gasteiger partial charge in [0, 0.05) is 18.7 Å². The predicted octanol–water partition coefficient (Wildman–Crippen LogP) is 2.57. The summed E-state index contributed by atoms with van der Waals surface area (Å²) in [7, 11) is 0. The van der Waals surface area contributed by atoms with Crippen molar-refractivity contribution < 1.29 is 14.8 Å². The standard InChI is InChI=1S/C14H18N2O4/c1-2-4-9-7-11(9)15-8-10-5-3-6-12(16(19)20)13(10)14(17)18/h3,5-6,9,11,15H,2,4,7-8H2,1H3,(H,17,18). The molecule has 0 spiro atoms. The molecule has 108 valence electrons. The molecule has 2 N–H and O–H groups in total. The lowest BCUT2D eigenvalue weighted by atomic mass is 10.1. The zero-order valence-electron chi connectivity index (χ0n) is 11.3. The summed E-state index contributed by atoms with van der Waals surface area (Å²) in [5.74, 6) is -0.595. The number of carboxylic acid groups (broad SMARTS) is 1. The van der Waals surface area contributed by atoms with Crippen LogP contribution in [0, 0.1) is 16.0 Å². The Bertz CT molecular complexity index is 530. The molecule has 0 saturated heterocycles. The quantitative estimate of drug-likeness (QED) is 0.590. The van der Waals surface area contributed by atoms with Gasteiger partial charge in [-0.1, -0.05) is 25.5 Å². The van der Waals surface area contributed by atoms with Crippen LogP contribution in [0.2, 0.25) is 0 Å². The van der Waals surface area contributed by atoms with Gasteiger partial charge in [0.25, 0.3) is 5.69 Å². The average Bonchev–Trinajstić information content (AvgIpc) is 3.14. The molecular formula is C14H18N2O4. The first-order valence-electron chi connectivity index (χ1n) is 6.77. The minimum absolute atomic E-state index is 0.210. The minimum Gasteiger partial charge on any atom is -0.477 e. The highest BCUT2D eigenvalue weighted by Crippen LogP contribution is 2.35. The van der Waals surface area contributed by atoms with Crippen LogP contribution in [0.15, 0.2) is 18.2 Å². The average molecular weight is 278 g/mol. The van der Waals surface area contributed by atoms with E-state index < -0.39 is 10.9 Å². The van der Waals surface area contributed by atoms with Crippen molar-refractivity contribution in [3.8, 4) is 0 Å². The summed E-state index contributed by atoms with van der Waals surface area (Å²) < 4.78 is 0. The fourth-order valence-electron chi connectivity index (χ4n) is 2.56. The van der Waals surface area contributed by atoms with Crippen LogP contribution in [0.3, 0.4) is 0 Å². The number of hydrogen-bond donors (Lipinski definition) is 2. The van der Waals surface area contributed by atoms with Gasteiger partial charge in [-0.05, 0) is 24.3 Å². The fraction of sp³-hybridized carbons (Fsp3) is 0.500. The lowest BCUT2D eigenvalue weighted by Gasteiger charge is -2.08. The van der Waals surface area contributed by atoms with Crippen molar-refractivity contribution >= 4 is 11.7 Å². The second-order valence-corrected chi connectivity index (χ2v) is 5.15. The minimum atomic E-state index is -1.25. The van der Waals surface area contributed by atoms with Crippen LogP contribution in [0.25, 0.3) is 0 Å². The first-order valence-corrected chi connectivity index (χ1v) is 6.77. The number of nitro groups is 1. The zero-order valence-corrected chi connectivity index (χ0v) is 11.3. The van der Waals surface area contributed by atoms with E-state index in [0.717, 1.165) is 12.8 Å². The maximum absolute atomic E-state index is 11.2. The molecule has 2 rings (SSSR count). The number of nitrogens with one attached hydrogen (secondary N) is 1. The van der Waals surface area contributed by atoms with Gasteiger partial charge >= 0.3 is 5.97 Å². The molecule has 1 aliphatic carbocycles. The van der Waals surface area contributed by atoms with Crippen molar-refractivity contribution in [1.29, 1.82) is 0 Å². The van der Waals surface area contributed by atoms with Gasteiger partial charge in [0.05, 0.1) is 4.92 Å². The number of carboxylic acids is 1. The smallest absolute Gasteiger partial charge is 0.343 e. The zero-order chi connectivity index (χ0) is 14.7. The topological polar surface area (TPSA) is 92.5 Å². The summed E-state index contributed by atoms with van der Waals surface area (Å²) in [5.41, 5.74) is -0.0933. The van der Waals surface area contributed by atoms with Crippen molar-refractivity contribution in [1.82, 2.24) is 5.32 Å². The molecule has 6 heteroatoms. The number of nitro benzene ring substituents is 1. The van der Waals surface area contributed by atoms with Crippen LogP contribution in [-0.4, -0.2) is 22.0 Å². The van der Waals surface area contributed by atoms with E-state index in [0.29, 0.717) is 24.1 Å². The number of carbonyl (C=O) groups is 1. The Labute approximate surface area is 117 Å². The van der Waals surface area contributed by atoms with Crippen molar-refractivity contribution in [2.45, 2.75) is 38.8 Å². The largest absolute Gasteiger partial charge is 0.477 e. The molecule has 0 radical (unpaired) electrons. The van der Waals surface area contributed by atoms with Gasteiger partial charge in [-0.15, -0.1) is 0 Å². The van der Waals surface area contributed by atoms with Gasteiger partial charge in [-0.2, -0.15) is 0 Å². The molecule has 2 atom stereocenters. The van der Waals surface area contributed by atoms with E-state index in [-0.39, 0.29) is 11.3 Å². The van der Waals surface area contributed by atoms with Crippen molar-refractivity contribution in [2.75, 3.05) is 0 Å². The molecule has 0 aromatic heterocycles. The molecule has 1 aromatic carbocycles. The monoisotopic (exact) mass is 278 g/mol. The highest BCUT2D eigenvalue weighted by Gasteiger charge is 2.35. The van der Waals surface area contributed by atoms with Gasteiger partial charge in [0.2, 0.25) is 0 Å². The summed E-state index contributed by atoms with van der Waals surface area (Å²) in [6, 6.07) is 4.79. The van der Waals surface area contributed by atoms with E-state index in [1.165, 1.54) is 18.6 Å². The Morgan fingerprint density at radius 3 is 2.90 bits per heavy atom. The Morgan fingerprint density at radius 2 is 2.30 bits per heavy atom. The third kappa shape index (κ3) is 3.14. The summed E-state index contributed by atoms with van der Waals surface area (Å²) in [6.45, 7) is 2.49. The second-order valence-electron chi connectivity index (χ2n) is 5.15. The van der Waals surface area contributed by atoms with Crippen LogP contribution in [-0.2, 0) is 6.54 Å². The Hall–Kier alpha value is -1.95. The summed E-state index contributed by atoms with van der Waals surface area (Å²) in [5, 5.41) is 23.4. The summed E-state index contributed by atoms with van der Waals surface area (Å²) >= 11 is 0. The SMILES string of the molecule is CCCC1CC1NCc1cccc([N+](=O)[O-])c1C(=O)O. The molecule has 2 unspecified atom stereocenters. The molecule has 1 aromatic rings. The Kier molecular flexibility index (Phi) is 4.34. The Balaban J connectivity index is 2.10. The molecule has 1 fully saturated rings. The highest BCUT2D eigenvalue weighted by molar-refractivity contribution is 5.94. The third-order valence-corrected chi connectivity index (χ3v) is 3.68. The van der Waals surface area contributed by atoms with Crippen LogP contribution >= 0.6 is 0 Å². The van der Waals surface area contributed by atoms with E-state index in [4.69, 9.17) is 0 Å². The predicted molar refractivity (Wildman–Crippen MR) is 73.7 cm³/mol. The number of hydrogen-bond acceptors (Lipinski definition) is 4. The van der Waals surface area contributed by atoms with Gasteiger partial charge in [-0.25, -0.2) is 4.79 Å². The lowest BCUT2D eigenvalue weighted by Crippen LogP contribution is -2.20. The molecule has 6 nitrogen and oxygen atoms in total. The second kappa shape index (κ2) is 6.00.